The van der Waals surface area contributed by atoms with Gasteiger partial charge < -0.3 is 4.42 Å². The van der Waals surface area contributed by atoms with E-state index in [9.17, 15) is 4.79 Å². The molecule has 0 bridgehead atoms. The van der Waals surface area contributed by atoms with E-state index in [-0.39, 0.29) is 5.78 Å². The second-order valence-corrected chi connectivity index (χ2v) is 9.26. The number of carbonyl (C=O) groups is 1. The van der Waals surface area contributed by atoms with Gasteiger partial charge in [-0.3, -0.25) is 4.79 Å². The molecule has 5 aromatic rings. The lowest BCUT2D eigenvalue weighted by Crippen LogP contribution is -2.04. The first-order chi connectivity index (χ1) is 16.7. The fourth-order valence-electron chi connectivity index (χ4n) is 3.91. The molecule has 0 unspecified atom stereocenters. The van der Waals surface area contributed by atoms with E-state index < -0.39 is 0 Å². The van der Waals surface area contributed by atoms with Crippen molar-refractivity contribution in [3.8, 4) is 22.5 Å². The van der Waals surface area contributed by atoms with Gasteiger partial charge in [0.05, 0.1) is 11.3 Å². The molecule has 0 saturated carbocycles. The maximum absolute atomic E-state index is 13.9. The molecule has 34 heavy (non-hydrogen) atoms. The summed E-state index contributed by atoms with van der Waals surface area (Å²) in [6, 6.07) is 36.9. The number of ketones is 1. The van der Waals surface area contributed by atoms with Crippen LogP contribution in [0.2, 0.25) is 5.02 Å². The molecule has 0 saturated heterocycles. The van der Waals surface area contributed by atoms with E-state index in [4.69, 9.17) is 16.0 Å². The summed E-state index contributed by atoms with van der Waals surface area (Å²) >= 11 is 7.86. The van der Waals surface area contributed by atoms with Gasteiger partial charge in [-0.05, 0) is 29.8 Å². The van der Waals surface area contributed by atoms with Crippen LogP contribution < -0.4 is 0 Å². The maximum atomic E-state index is 13.9. The number of thioether (sulfide) groups is 1. The summed E-state index contributed by atoms with van der Waals surface area (Å²) in [4.78, 5) is 15.0. The number of furan rings is 1. The van der Waals surface area contributed by atoms with Gasteiger partial charge in [-0.25, -0.2) is 0 Å². The molecule has 4 heteroatoms. The quantitative estimate of drug-likeness (QED) is 0.172. The third kappa shape index (κ3) is 4.72. The molecule has 0 aliphatic heterocycles. The molecule has 1 aromatic heterocycles. The van der Waals surface area contributed by atoms with Gasteiger partial charge in [0.15, 0.2) is 5.78 Å². The monoisotopic (exact) mass is 480 g/mol. The fraction of sp³-hybridized carbons (Fsp3) is 0.0333. The molecule has 0 fully saturated rings. The second kappa shape index (κ2) is 10.2. The number of benzene rings is 4. The van der Waals surface area contributed by atoms with E-state index in [0.29, 0.717) is 27.7 Å². The van der Waals surface area contributed by atoms with Crippen LogP contribution in [0.5, 0.6) is 0 Å². The van der Waals surface area contributed by atoms with Crippen molar-refractivity contribution in [3.63, 3.8) is 0 Å². The van der Waals surface area contributed by atoms with Gasteiger partial charge >= 0.3 is 0 Å². The van der Waals surface area contributed by atoms with Crippen molar-refractivity contribution in [1.29, 1.82) is 0 Å². The molecule has 166 valence electrons. The maximum Gasteiger partial charge on any atom is 0.197 e. The Hall–Kier alpha value is -3.53. The van der Waals surface area contributed by atoms with Crippen molar-refractivity contribution in [1.82, 2.24) is 0 Å². The number of hydrogen-bond acceptors (Lipinski definition) is 3. The van der Waals surface area contributed by atoms with E-state index in [1.54, 1.807) is 11.8 Å². The Morgan fingerprint density at radius 1 is 0.706 bits per heavy atom. The van der Waals surface area contributed by atoms with Gasteiger partial charge in [-0.2, -0.15) is 0 Å². The van der Waals surface area contributed by atoms with E-state index in [2.05, 4.69) is 12.1 Å². The van der Waals surface area contributed by atoms with Crippen molar-refractivity contribution in [2.75, 3.05) is 0 Å². The summed E-state index contributed by atoms with van der Waals surface area (Å²) in [7, 11) is 0. The van der Waals surface area contributed by atoms with E-state index in [0.717, 1.165) is 27.3 Å². The molecule has 0 amide bonds. The molecule has 0 radical (unpaired) electrons. The van der Waals surface area contributed by atoms with Gasteiger partial charge in [-0.1, -0.05) is 103 Å². The Balaban J connectivity index is 1.71. The minimum Gasteiger partial charge on any atom is -0.459 e. The molecule has 0 N–H and O–H groups in total. The number of rotatable bonds is 7. The van der Waals surface area contributed by atoms with Crippen molar-refractivity contribution < 1.29 is 9.21 Å². The van der Waals surface area contributed by atoms with Crippen LogP contribution in [0.3, 0.4) is 0 Å². The molecule has 4 aromatic carbocycles. The van der Waals surface area contributed by atoms with Gasteiger partial charge in [0.2, 0.25) is 0 Å². The zero-order valence-electron chi connectivity index (χ0n) is 18.3. The van der Waals surface area contributed by atoms with Gasteiger partial charge in [0.1, 0.15) is 11.5 Å². The minimum atomic E-state index is -0.0656. The topological polar surface area (TPSA) is 30.2 Å². The Morgan fingerprint density at radius 2 is 1.29 bits per heavy atom. The normalized spacial score (nSPS) is 10.9. The van der Waals surface area contributed by atoms with E-state index in [1.807, 2.05) is 103 Å². The Morgan fingerprint density at radius 3 is 1.94 bits per heavy atom. The fourth-order valence-corrected chi connectivity index (χ4v) is 4.89. The zero-order chi connectivity index (χ0) is 23.3. The summed E-state index contributed by atoms with van der Waals surface area (Å²) in [5, 5.41) is 0.645. The van der Waals surface area contributed by atoms with Crippen LogP contribution >= 0.6 is 23.4 Å². The highest BCUT2D eigenvalue weighted by Crippen LogP contribution is 2.42. The molecular weight excluding hydrogens is 460 g/mol. The third-order valence-corrected chi connectivity index (χ3v) is 6.79. The molecule has 1 heterocycles. The lowest BCUT2D eigenvalue weighted by atomic mass is 9.92. The Bertz CT molecular complexity index is 1390. The predicted molar refractivity (Wildman–Crippen MR) is 140 cm³/mol. The first-order valence-corrected chi connectivity index (χ1v) is 12.3. The van der Waals surface area contributed by atoms with Crippen molar-refractivity contribution >= 4 is 29.1 Å². The third-order valence-electron chi connectivity index (χ3n) is 5.53. The zero-order valence-corrected chi connectivity index (χ0v) is 19.9. The van der Waals surface area contributed by atoms with Gasteiger partial charge in [0.25, 0.3) is 0 Å². The van der Waals surface area contributed by atoms with Gasteiger partial charge in [0, 0.05) is 26.6 Å². The first-order valence-electron chi connectivity index (χ1n) is 11.0. The highest BCUT2D eigenvalue weighted by Gasteiger charge is 2.28. The highest BCUT2D eigenvalue weighted by atomic mass is 35.5. The van der Waals surface area contributed by atoms with Crippen LogP contribution in [-0.2, 0) is 5.75 Å². The van der Waals surface area contributed by atoms with Crippen LogP contribution in [-0.4, -0.2) is 5.78 Å². The van der Waals surface area contributed by atoms with Gasteiger partial charge in [-0.15, -0.1) is 11.8 Å². The lowest BCUT2D eigenvalue weighted by molar-refractivity contribution is 0.103. The van der Waals surface area contributed by atoms with Crippen LogP contribution in [0.25, 0.3) is 22.5 Å². The second-order valence-electron chi connectivity index (χ2n) is 7.77. The van der Waals surface area contributed by atoms with E-state index in [1.165, 1.54) is 0 Å². The van der Waals surface area contributed by atoms with Crippen molar-refractivity contribution in [2.45, 2.75) is 10.6 Å². The van der Waals surface area contributed by atoms with Crippen molar-refractivity contribution in [2.24, 2.45) is 0 Å². The first kappa shape index (κ1) is 22.3. The Labute approximate surface area is 208 Å². The predicted octanol–water partition coefficient (Wildman–Crippen LogP) is 8.79. The summed E-state index contributed by atoms with van der Waals surface area (Å²) < 4.78 is 6.51. The molecule has 0 aliphatic carbocycles. The standard InChI is InChI=1S/C30H21ClO2S/c31-24-18-16-21(17-19-24)27-26(20-34-25-14-8-3-9-15-25)33-30(23-12-6-2-7-13-23)28(27)29(32)22-10-4-1-5-11-22/h1-19H,20H2. The average molecular weight is 481 g/mol. The number of hydrogen-bond donors (Lipinski definition) is 0. The average Bonchev–Trinajstić information content (AvgIpc) is 3.28. The minimum absolute atomic E-state index is 0.0656. The molecule has 5 rings (SSSR count). The molecule has 0 aliphatic rings. The molecule has 0 atom stereocenters. The summed E-state index contributed by atoms with van der Waals surface area (Å²) in [5.41, 5.74) is 3.78. The summed E-state index contributed by atoms with van der Waals surface area (Å²) in [6.45, 7) is 0. The number of carbonyl (C=O) groups excluding carboxylic acids is 1. The van der Waals surface area contributed by atoms with Crippen LogP contribution in [0.15, 0.2) is 125 Å². The molecule has 2 nitrogen and oxygen atoms in total. The summed E-state index contributed by atoms with van der Waals surface area (Å²) in [6.07, 6.45) is 0. The lowest BCUT2D eigenvalue weighted by Gasteiger charge is -2.08. The molecular formula is C30H21ClO2S. The van der Waals surface area contributed by atoms with E-state index >= 15 is 0 Å². The SMILES string of the molecule is O=C(c1ccccc1)c1c(-c2ccccc2)oc(CSc2ccccc2)c1-c1ccc(Cl)cc1. The van der Waals surface area contributed by atoms with Crippen LogP contribution in [0.4, 0.5) is 0 Å². The number of halogens is 1. The Kier molecular flexibility index (Phi) is 6.66. The smallest absolute Gasteiger partial charge is 0.197 e. The largest absolute Gasteiger partial charge is 0.459 e. The van der Waals surface area contributed by atoms with Crippen molar-refractivity contribution in [3.05, 3.63) is 137 Å². The van der Waals surface area contributed by atoms with Crippen LogP contribution in [0.1, 0.15) is 21.7 Å². The molecule has 0 spiro atoms. The van der Waals surface area contributed by atoms with Crippen LogP contribution in [0, 0.1) is 0 Å². The summed E-state index contributed by atoms with van der Waals surface area (Å²) in [5.74, 6) is 1.87. The highest BCUT2D eigenvalue weighted by molar-refractivity contribution is 7.98.